The van der Waals surface area contributed by atoms with Crippen molar-refractivity contribution in [3.63, 3.8) is 0 Å². The molecule has 3 aromatic rings. The number of anilines is 2. The summed E-state index contributed by atoms with van der Waals surface area (Å²) in [7, 11) is -2.38. The average Bonchev–Trinajstić information content (AvgIpc) is 3.47. The maximum Gasteiger partial charge on any atom is 0.323 e. The van der Waals surface area contributed by atoms with Crippen LogP contribution in [0.2, 0.25) is 0 Å². The van der Waals surface area contributed by atoms with E-state index >= 15 is 0 Å². The first-order valence-corrected chi connectivity index (χ1v) is 15.6. The first-order valence-electron chi connectivity index (χ1n) is 14.2. The van der Waals surface area contributed by atoms with Gasteiger partial charge in [-0.2, -0.15) is 4.31 Å². The largest absolute Gasteiger partial charge is 0.486 e. The summed E-state index contributed by atoms with van der Waals surface area (Å²) >= 11 is 0. The van der Waals surface area contributed by atoms with E-state index in [2.05, 4.69) is 10.6 Å². The van der Waals surface area contributed by atoms with Crippen LogP contribution in [-0.4, -0.2) is 80.4 Å². The number of aliphatic hydroxyl groups is 1. The van der Waals surface area contributed by atoms with Crippen LogP contribution in [0.5, 0.6) is 17.2 Å². The minimum Gasteiger partial charge on any atom is -0.486 e. The Morgan fingerprint density at radius 1 is 1.09 bits per heavy atom. The van der Waals surface area contributed by atoms with Crippen LogP contribution in [0, 0.1) is 12.8 Å². The lowest BCUT2D eigenvalue weighted by Crippen LogP contribution is -2.50. The molecular weight excluding hydrogens is 588 g/mol. The fraction of sp³-hybridized carbons (Fsp3) is 0.355. The Kier molecular flexibility index (Phi) is 9.00. The number of likely N-dealkylation sites (N-methyl/N-ethyl adjacent to an activating group) is 1. The molecule has 0 radical (unpaired) electrons. The molecule has 0 fully saturated rings. The molecule has 3 N–H and O–H groups in total. The number of aryl methyl sites for hydroxylation is 1. The summed E-state index contributed by atoms with van der Waals surface area (Å²) in [4.78, 5) is 28.5. The number of nitrogens with zero attached hydrogens (tertiary/aromatic N) is 2. The Morgan fingerprint density at radius 2 is 1.82 bits per heavy atom. The zero-order chi connectivity index (χ0) is 31.6. The average molecular weight is 625 g/mol. The van der Waals surface area contributed by atoms with Gasteiger partial charge in [0.2, 0.25) is 16.8 Å². The molecule has 2 heterocycles. The summed E-state index contributed by atoms with van der Waals surface area (Å²) in [5, 5.41) is 15.4. The van der Waals surface area contributed by atoms with Crippen LogP contribution in [-0.2, 0) is 10.0 Å². The summed E-state index contributed by atoms with van der Waals surface area (Å²) in [5.41, 5.74) is 1.78. The number of urea groups is 1. The Morgan fingerprint density at radius 3 is 2.55 bits per heavy atom. The van der Waals surface area contributed by atoms with Gasteiger partial charge in [0.1, 0.15) is 6.10 Å². The van der Waals surface area contributed by atoms with Crippen molar-refractivity contribution in [2.24, 2.45) is 5.92 Å². The standard InChI is InChI=1S/C31H36N4O8S/c1-19-8-11-23(12-9-19)44(39,40)34(4)16-28-20(2)15-35(21(3)17-36)30(37)24-6-5-7-25(29(24)43-28)33-31(38)32-22-10-13-26-27(14-22)42-18-41-26/h5-14,20-21,28,36H,15-18H2,1-4H3,(H2,32,33,38)/t20-,21-,28+/m1/s1. The molecular formula is C31H36N4O8S. The lowest BCUT2D eigenvalue weighted by Gasteiger charge is -2.38. The van der Waals surface area contributed by atoms with Crippen molar-refractivity contribution in [2.75, 3.05) is 44.2 Å². The highest BCUT2D eigenvalue weighted by Crippen LogP contribution is 2.36. The van der Waals surface area contributed by atoms with Crippen molar-refractivity contribution in [1.82, 2.24) is 9.21 Å². The van der Waals surface area contributed by atoms with Crippen molar-refractivity contribution >= 4 is 33.3 Å². The van der Waals surface area contributed by atoms with Gasteiger partial charge in [-0.05, 0) is 50.2 Å². The van der Waals surface area contributed by atoms with E-state index in [0.29, 0.717) is 17.2 Å². The van der Waals surface area contributed by atoms with Gasteiger partial charge in [-0.1, -0.05) is 30.7 Å². The Balaban J connectivity index is 1.45. The molecule has 0 aromatic heterocycles. The van der Waals surface area contributed by atoms with Crippen LogP contribution < -0.4 is 24.8 Å². The number of nitrogens with one attached hydrogen (secondary N) is 2. The van der Waals surface area contributed by atoms with Crippen molar-refractivity contribution in [3.8, 4) is 17.2 Å². The van der Waals surface area contributed by atoms with Crippen LogP contribution in [0.4, 0.5) is 16.2 Å². The Bertz CT molecular complexity index is 1650. The van der Waals surface area contributed by atoms with Crippen molar-refractivity contribution in [2.45, 2.75) is 37.8 Å². The van der Waals surface area contributed by atoms with Crippen molar-refractivity contribution in [1.29, 1.82) is 0 Å². The van der Waals surface area contributed by atoms with Crippen LogP contribution in [0.25, 0.3) is 0 Å². The van der Waals surface area contributed by atoms with Gasteiger partial charge in [0.15, 0.2) is 17.2 Å². The molecule has 234 valence electrons. The van der Waals surface area contributed by atoms with E-state index < -0.39 is 28.2 Å². The monoisotopic (exact) mass is 624 g/mol. The highest BCUT2D eigenvalue weighted by atomic mass is 32.2. The molecule has 2 aliphatic rings. The first kappa shape index (κ1) is 31.1. The minimum absolute atomic E-state index is 0.0376. The number of hydrogen-bond donors (Lipinski definition) is 3. The number of carbonyl (C=O) groups is 2. The SMILES string of the molecule is Cc1ccc(S(=O)(=O)N(C)C[C@@H]2Oc3c(NC(=O)Nc4ccc5c(c4)OCO5)cccc3C(=O)N([C@H](C)CO)C[C@H]2C)cc1. The zero-order valence-corrected chi connectivity index (χ0v) is 25.8. The lowest BCUT2D eigenvalue weighted by molar-refractivity contribution is 0.0389. The van der Waals surface area contributed by atoms with Crippen LogP contribution >= 0.6 is 0 Å². The van der Waals surface area contributed by atoms with E-state index in [1.54, 1.807) is 72.5 Å². The number of ether oxygens (including phenoxy) is 3. The van der Waals surface area contributed by atoms with E-state index in [4.69, 9.17) is 14.2 Å². The van der Waals surface area contributed by atoms with Crippen LogP contribution in [0.15, 0.2) is 65.6 Å². The van der Waals surface area contributed by atoms with Gasteiger partial charge < -0.3 is 34.9 Å². The number of aliphatic hydroxyl groups excluding tert-OH is 1. The van der Waals surface area contributed by atoms with E-state index in [-0.39, 0.29) is 60.2 Å². The highest BCUT2D eigenvalue weighted by Gasteiger charge is 2.36. The Hall–Kier alpha value is -4.33. The first-order chi connectivity index (χ1) is 21.0. The van der Waals surface area contributed by atoms with E-state index in [1.807, 2.05) is 13.8 Å². The smallest absolute Gasteiger partial charge is 0.323 e. The minimum atomic E-state index is -3.86. The fourth-order valence-corrected chi connectivity index (χ4v) is 6.24. The molecule has 12 nitrogen and oxygen atoms in total. The zero-order valence-electron chi connectivity index (χ0n) is 24.9. The van der Waals surface area contributed by atoms with Gasteiger partial charge in [-0.15, -0.1) is 0 Å². The maximum atomic E-state index is 13.7. The number of benzene rings is 3. The summed E-state index contributed by atoms with van der Waals surface area (Å²) in [6.07, 6.45) is -0.722. The second kappa shape index (κ2) is 12.7. The van der Waals surface area contributed by atoms with E-state index in [1.165, 1.54) is 11.4 Å². The summed E-state index contributed by atoms with van der Waals surface area (Å²) in [6.45, 7) is 5.47. The number of sulfonamides is 1. The third-order valence-electron chi connectivity index (χ3n) is 7.74. The number of amides is 3. The predicted octanol–water partition coefficient (Wildman–Crippen LogP) is 3.91. The molecule has 2 aliphatic heterocycles. The fourth-order valence-electron chi connectivity index (χ4n) is 5.06. The van der Waals surface area contributed by atoms with E-state index in [0.717, 1.165) is 5.56 Å². The van der Waals surface area contributed by atoms with Gasteiger partial charge in [-0.25, -0.2) is 13.2 Å². The van der Waals surface area contributed by atoms with E-state index in [9.17, 15) is 23.1 Å². The summed E-state index contributed by atoms with van der Waals surface area (Å²) < 4.78 is 45.3. The molecule has 3 atom stereocenters. The topological polar surface area (TPSA) is 147 Å². The van der Waals surface area contributed by atoms with Crippen LogP contribution in [0.1, 0.15) is 29.8 Å². The predicted molar refractivity (Wildman–Crippen MR) is 164 cm³/mol. The van der Waals surface area contributed by atoms with Gasteiger partial charge in [0.25, 0.3) is 5.91 Å². The highest BCUT2D eigenvalue weighted by molar-refractivity contribution is 7.89. The van der Waals surface area contributed by atoms with Gasteiger partial charge >= 0.3 is 6.03 Å². The quantitative estimate of drug-likeness (QED) is 0.342. The van der Waals surface area contributed by atoms with Gasteiger partial charge in [-0.3, -0.25) is 4.79 Å². The molecule has 0 saturated carbocycles. The number of fused-ring (bicyclic) bond motifs is 2. The second-order valence-electron chi connectivity index (χ2n) is 11.1. The molecule has 44 heavy (non-hydrogen) atoms. The number of hydrogen-bond acceptors (Lipinski definition) is 8. The Labute approximate surface area is 256 Å². The normalized spacial score (nSPS) is 18.6. The molecule has 3 aromatic carbocycles. The molecule has 0 spiro atoms. The van der Waals surface area contributed by atoms with Crippen molar-refractivity contribution in [3.05, 3.63) is 71.8 Å². The third-order valence-corrected chi connectivity index (χ3v) is 9.57. The molecule has 0 bridgehead atoms. The number of rotatable bonds is 8. The molecule has 0 aliphatic carbocycles. The van der Waals surface area contributed by atoms with Crippen LogP contribution in [0.3, 0.4) is 0 Å². The number of para-hydroxylation sites is 1. The van der Waals surface area contributed by atoms with Gasteiger partial charge in [0.05, 0.1) is 35.3 Å². The molecule has 0 saturated heterocycles. The second-order valence-corrected chi connectivity index (χ2v) is 13.1. The molecule has 5 rings (SSSR count). The number of carbonyl (C=O) groups excluding carboxylic acids is 2. The molecule has 3 amide bonds. The van der Waals surface area contributed by atoms with Crippen molar-refractivity contribution < 1.29 is 37.3 Å². The molecule has 13 heteroatoms. The summed E-state index contributed by atoms with van der Waals surface area (Å²) in [5.74, 6) is 0.440. The third kappa shape index (κ3) is 6.44. The van der Waals surface area contributed by atoms with Gasteiger partial charge in [0, 0.05) is 31.3 Å². The maximum absolute atomic E-state index is 13.7. The lowest BCUT2D eigenvalue weighted by atomic mass is 9.99. The molecule has 0 unspecified atom stereocenters. The summed E-state index contributed by atoms with van der Waals surface area (Å²) in [6, 6.07) is 15.2.